The molecule has 0 atom stereocenters. The van der Waals surface area contributed by atoms with Gasteiger partial charge in [-0.3, -0.25) is 4.72 Å². The zero-order valence-electron chi connectivity index (χ0n) is 14.9. The van der Waals surface area contributed by atoms with Gasteiger partial charge in [0.05, 0.1) is 10.6 Å². The van der Waals surface area contributed by atoms with E-state index in [2.05, 4.69) is 15.4 Å². The maximum Gasteiger partial charge on any atom is 0.323 e. The molecule has 2 amide bonds. The lowest BCUT2D eigenvalue weighted by Gasteiger charge is -2.11. The van der Waals surface area contributed by atoms with Crippen LogP contribution in [0.3, 0.4) is 0 Å². The van der Waals surface area contributed by atoms with Crippen LogP contribution in [0, 0.1) is 6.92 Å². The number of rotatable bonds is 5. The van der Waals surface area contributed by atoms with Crippen molar-refractivity contribution in [2.24, 2.45) is 0 Å². The van der Waals surface area contributed by atoms with Gasteiger partial charge in [-0.25, -0.2) is 13.2 Å². The van der Waals surface area contributed by atoms with Gasteiger partial charge in [-0.1, -0.05) is 35.9 Å². The molecule has 0 heterocycles. The molecule has 0 aliphatic carbocycles. The first-order valence-electron chi connectivity index (χ1n) is 8.35. The minimum atomic E-state index is -3.73. The lowest BCUT2D eigenvalue weighted by Crippen LogP contribution is -2.19. The van der Waals surface area contributed by atoms with Crippen LogP contribution >= 0.6 is 11.6 Å². The lowest BCUT2D eigenvalue weighted by molar-refractivity contribution is 0.262. The fraction of sp³-hybridized carbons (Fsp3) is 0.0500. The quantitative estimate of drug-likeness (QED) is 0.542. The van der Waals surface area contributed by atoms with Crippen LogP contribution < -0.4 is 15.4 Å². The highest BCUT2D eigenvalue weighted by molar-refractivity contribution is 7.92. The predicted molar refractivity (Wildman–Crippen MR) is 113 cm³/mol. The highest BCUT2D eigenvalue weighted by Gasteiger charge is 2.15. The van der Waals surface area contributed by atoms with Gasteiger partial charge in [-0.05, 0) is 61.0 Å². The monoisotopic (exact) mass is 415 g/mol. The maximum absolute atomic E-state index is 12.5. The number of sulfonamides is 1. The minimum absolute atomic E-state index is 0.0940. The number of carbonyl (C=O) groups is 1. The summed E-state index contributed by atoms with van der Waals surface area (Å²) in [6.07, 6.45) is 0. The second kappa shape index (κ2) is 8.33. The standard InChI is InChI=1S/C20H18ClN3O3S/c1-14-5-2-3-8-19(14)24-28(26,27)18-11-9-16(10-12-18)22-20(25)23-17-7-4-6-15(21)13-17/h2-13,24H,1H3,(H2,22,23,25). The van der Waals surface area contributed by atoms with Gasteiger partial charge in [0.1, 0.15) is 0 Å². The van der Waals surface area contributed by atoms with Crippen LogP contribution in [-0.2, 0) is 10.0 Å². The van der Waals surface area contributed by atoms with Crippen molar-refractivity contribution in [1.82, 2.24) is 0 Å². The molecular formula is C20H18ClN3O3S. The molecule has 0 bridgehead atoms. The van der Waals surface area contributed by atoms with E-state index in [4.69, 9.17) is 11.6 Å². The molecule has 3 aromatic rings. The van der Waals surface area contributed by atoms with Crippen LogP contribution in [0.4, 0.5) is 21.9 Å². The van der Waals surface area contributed by atoms with Crippen LogP contribution in [0.1, 0.15) is 5.56 Å². The molecule has 3 N–H and O–H groups in total. The molecule has 3 aromatic carbocycles. The average molecular weight is 416 g/mol. The number of anilines is 3. The van der Waals surface area contributed by atoms with Crippen molar-refractivity contribution < 1.29 is 13.2 Å². The van der Waals surface area contributed by atoms with E-state index < -0.39 is 16.1 Å². The summed E-state index contributed by atoms with van der Waals surface area (Å²) in [5, 5.41) is 5.80. The number of carbonyl (C=O) groups excluding carboxylic acids is 1. The van der Waals surface area contributed by atoms with Gasteiger partial charge in [0.15, 0.2) is 0 Å². The largest absolute Gasteiger partial charge is 0.323 e. The molecule has 0 unspecified atom stereocenters. The van der Waals surface area contributed by atoms with Crippen LogP contribution in [0.2, 0.25) is 5.02 Å². The van der Waals surface area contributed by atoms with Crippen molar-refractivity contribution in [3.63, 3.8) is 0 Å². The molecule has 0 aliphatic rings. The Kier molecular flexibility index (Phi) is 5.87. The molecule has 0 saturated heterocycles. The van der Waals surface area contributed by atoms with Crippen molar-refractivity contribution in [3.05, 3.63) is 83.4 Å². The zero-order chi connectivity index (χ0) is 20.1. The maximum atomic E-state index is 12.5. The van der Waals surface area contributed by atoms with Gasteiger partial charge in [-0.2, -0.15) is 0 Å². The summed E-state index contributed by atoms with van der Waals surface area (Å²) in [5.41, 5.74) is 2.34. The number of amides is 2. The van der Waals surface area contributed by atoms with Crippen molar-refractivity contribution in [1.29, 1.82) is 0 Å². The summed E-state index contributed by atoms with van der Waals surface area (Å²) in [6, 6.07) is 19.3. The minimum Gasteiger partial charge on any atom is -0.308 e. The van der Waals surface area contributed by atoms with E-state index in [1.165, 1.54) is 24.3 Å². The third-order valence-electron chi connectivity index (χ3n) is 3.89. The molecule has 0 spiro atoms. The van der Waals surface area contributed by atoms with Crippen molar-refractivity contribution in [2.75, 3.05) is 15.4 Å². The number of aryl methyl sites for hydroxylation is 1. The van der Waals surface area contributed by atoms with E-state index in [0.717, 1.165) is 5.56 Å². The molecule has 0 saturated carbocycles. The van der Waals surface area contributed by atoms with Crippen molar-refractivity contribution in [2.45, 2.75) is 11.8 Å². The summed E-state index contributed by atoms with van der Waals surface area (Å²) < 4.78 is 27.6. The highest BCUT2D eigenvalue weighted by atomic mass is 35.5. The summed E-state index contributed by atoms with van der Waals surface area (Å²) >= 11 is 5.88. The van der Waals surface area contributed by atoms with E-state index in [1.807, 2.05) is 19.1 Å². The van der Waals surface area contributed by atoms with E-state index in [-0.39, 0.29) is 4.90 Å². The number of halogens is 1. The van der Waals surface area contributed by atoms with Crippen molar-refractivity contribution in [3.8, 4) is 0 Å². The number of urea groups is 1. The first kappa shape index (κ1) is 19.7. The van der Waals surface area contributed by atoms with Gasteiger partial charge < -0.3 is 10.6 Å². The fourth-order valence-corrected chi connectivity index (χ4v) is 3.79. The third kappa shape index (κ3) is 5.03. The first-order chi connectivity index (χ1) is 13.3. The van der Waals surface area contributed by atoms with Crippen LogP contribution in [-0.4, -0.2) is 14.4 Å². The molecular weight excluding hydrogens is 398 g/mol. The van der Waals surface area contributed by atoms with Crippen LogP contribution in [0.25, 0.3) is 0 Å². The number of benzene rings is 3. The molecule has 3 rings (SSSR count). The van der Waals surface area contributed by atoms with Gasteiger partial charge in [0.25, 0.3) is 10.0 Å². The molecule has 28 heavy (non-hydrogen) atoms. The van der Waals surface area contributed by atoms with Gasteiger partial charge in [-0.15, -0.1) is 0 Å². The normalized spacial score (nSPS) is 10.9. The molecule has 144 valence electrons. The summed E-state index contributed by atoms with van der Waals surface area (Å²) in [4.78, 5) is 12.2. The van der Waals surface area contributed by atoms with Crippen LogP contribution in [0.15, 0.2) is 77.7 Å². The number of para-hydroxylation sites is 1. The molecule has 0 radical (unpaired) electrons. The highest BCUT2D eigenvalue weighted by Crippen LogP contribution is 2.21. The molecule has 0 aromatic heterocycles. The van der Waals surface area contributed by atoms with E-state index >= 15 is 0 Å². The van der Waals surface area contributed by atoms with Gasteiger partial charge in [0.2, 0.25) is 0 Å². The Bertz CT molecular complexity index is 1100. The molecule has 0 fully saturated rings. The topological polar surface area (TPSA) is 87.3 Å². The Morgan fingerprint density at radius 2 is 1.54 bits per heavy atom. The zero-order valence-corrected chi connectivity index (χ0v) is 16.5. The number of nitrogens with one attached hydrogen (secondary N) is 3. The summed E-state index contributed by atoms with van der Waals surface area (Å²) in [6.45, 7) is 1.82. The van der Waals surface area contributed by atoms with Crippen molar-refractivity contribution >= 4 is 44.7 Å². The van der Waals surface area contributed by atoms with Crippen LogP contribution in [0.5, 0.6) is 0 Å². The smallest absolute Gasteiger partial charge is 0.308 e. The van der Waals surface area contributed by atoms with Gasteiger partial charge >= 0.3 is 6.03 Å². The van der Waals surface area contributed by atoms with E-state index in [9.17, 15) is 13.2 Å². The second-order valence-corrected chi connectivity index (χ2v) is 8.15. The first-order valence-corrected chi connectivity index (χ1v) is 10.2. The Balaban J connectivity index is 1.67. The Morgan fingerprint density at radius 1 is 0.857 bits per heavy atom. The lowest BCUT2D eigenvalue weighted by atomic mass is 10.2. The fourth-order valence-electron chi connectivity index (χ4n) is 2.47. The Hall–Kier alpha value is -3.03. The van der Waals surface area contributed by atoms with E-state index in [1.54, 1.807) is 36.4 Å². The van der Waals surface area contributed by atoms with E-state index in [0.29, 0.717) is 22.1 Å². The SMILES string of the molecule is Cc1ccccc1NS(=O)(=O)c1ccc(NC(=O)Nc2cccc(Cl)c2)cc1. The number of hydrogen-bond donors (Lipinski definition) is 3. The van der Waals surface area contributed by atoms with Gasteiger partial charge in [0, 0.05) is 16.4 Å². The number of hydrogen-bond acceptors (Lipinski definition) is 3. The Labute approximate surface area is 168 Å². The summed E-state index contributed by atoms with van der Waals surface area (Å²) in [7, 11) is -3.73. The predicted octanol–water partition coefficient (Wildman–Crippen LogP) is 5.09. The average Bonchev–Trinajstić information content (AvgIpc) is 2.64. The molecule has 8 heteroatoms. The summed E-state index contributed by atoms with van der Waals surface area (Å²) in [5.74, 6) is 0. The third-order valence-corrected chi connectivity index (χ3v) is 5.51. The molecule has 0 aliphatic heterocycles. The second-order valence-electron chi connectivity index (χ2n) is 6.03. The molecule has 6 nitrogen and oxygen atoms in total. The Morgan fingerprint density at radius 3 is 2.21 bits per heavy atom.